The third-order valence-corrected chi connectivity index (χ3v) is 5.45. The van der Waals surface area contributed by atoms with E-state index in [1.807, 2.05) is 0 Å². The fraction of sp³-hybridized carbons (Fsp3) is 0.800. The van der Waals surface area contributed by atoms with E-state index in [1.54, 1.807) is 0 Å². The maximum absolute atomic E-state index is 11.9. The Morgan fingerprint density at radius 1 is 1.42 bits per heavy atom. The highest BCUT2D eigenvalue weighted by Gasteiger charge is 2.45. The minimum atomic E-state index is -3.42. The van der Waals surface area contributed by atoms with Crippen molar-refractivity contribution in [2.45, 2.75) is 24.9 Å². The Balaban J connectivity index is 2.00. The summed E-state index contributed by atoms with van der Waals surface area (Å²) in [7, 11) is -0.452. The Morgan fingerprint density at radius 2 is 2.00 bits per heavy atom. The SMILES string of the molecule is CN(C)S(=O)(=O)N1CCC2(CC1)CC(C(=O)O)=NO2. The van der Waals surface area contributed by atoms with Crippen LogP contribution in [0.15, 0.2) is 5.16 Å². The minimum absolute atomic E-state index is 0.00363. The molecule has 1 saturated heterocycles. The van der Waals surface area contributed by atoms with Crippen LogP contribution in [0.2, 0.25) is 0 Å². The zero-order valence-electron chi connectivity index (χ0n) is 10.9. The van der Waals surface area contributed by atoms with Crippen LogP contribution in [0, 0.1) is 0 Å². The van der Waals surface area contributed by atoms with E-state index in [1.165, 1.54) is 22.7 Å². The summed E-state index contributed by atoms with van der Waals surface area (Å²) in [6.45, 7) is 0.617. The van der Waals surface area contributed by atoms with E-state index < -0.39 is 21.8 Å². The molecule has 1 spiro atoms. The van der Waals surface area contributed by atoms with E-state index >= 15 is 0 Å². The van der Waals surface area contributed by atoms with Crippen LogP contribution in [-0.4, -0.2) is 66.6 Å². The smallest absolute Gasteiger partial charge is 0.353 e. The first-order chi connectivity index (χ1) is 8.77. The Hall–Kier alpha value is -1.19. The van der Waals surface area contributed by atoms with E-state index in [-0.39, 0.29) is 12.1 Å². The summed E-state index contributed by atoms with van der Waals surface area (Å²) in [4.78, 5) is 16.1. The van der Waals surface area contributed by atoms with Gasteiger partial charge in [0.15, 0.2) is 5.71 Å². The average Bonchev–Trinajstić information content (AvgIpc) is 2.74. The maximum atomic E-state index is 11.9. The molecular weight excluding hydrogens is 274 g/mol. The summed E-state index contributed by atoms with van der Waals surface area (Å²) in [5, 5.41) is 12.4. The minimum Gasteiger partial charge on any atom is -0.477 e. The van der Waals surface area contributed by atoms with Gasteiger partial charge >= 0.3 is 5.97 Å². The first-order valence-electron chi connectivity index (χ1n) is 5.93. The van der Waals surface area contributed by atoms with E-state index in [0.717, 1.165) is 0 Å². The van der Waals surface area contributed by atoms with E-state index in [4.69, 9.17) is 9.94 Å². The van der Waals surface area contributed by atoms with Crippen LogP contribution in [0.5, 0.6) is 0 Å². The lowest BCUT2D eigenvalue weighted by atomic mass is 9.88. The summed E-state index contributed by atoms with van der Waals surface area (Å²) in [5.41, 5.74) is -0.643. The number of rotatable bonds is 3. The molecule has 0 aromatic carbocycles. The van der Waals surface area contributed by atoms with Crippen molar-refractivity contribution in [3.05, 3.63) is 0 Å². The fourth-order valence-corrected chi connectivity index (χ4v) is 3.37. The van der Waals surface area contributed by atoms with Crippen LogP contribution >= 0.6 is 0 Å². The number of hydrogen-bond acceptors (Lipinski definition) is 5. The summed E-state index contributed by atoms with van der Waals surface area (Å²) in [5.74, 6) is -1.08. The van der Waals surface area contributed by atoms with Gasteiger partial charge in [0.2, 0.25) is 0 Å². The molecule has 0 atom stereocenters. The van der Waals surface area contributed by atoms with Gasteiger partial charge in [-0.25, -0.2) is 4.79 Å². The number of carbonyl (C=O) groups is 1. The molecule has 0 radical (unpaired) electrons. The predicted octanol–water partition coefficient (Wildman–Crippen LogP) is -0.512. The van der Waals surface area contributed by atoms with Gasteiger partial charge in [-0.05, 0) is 0 Å². The number of carboxylic acid groups (broad SMARTS) is 1. The second-order valence-electron chi connectivity index (χ2n) is 4.98. The maximum Gasteiger partial charge on any atom is 0.353 e. The van der Waals surface area contributed by atoms with Gasteiger partial charge in [-0.2, -0.15) is 17.0 Å². The molecule has 1 N–H and O–H groups in total. The number of oxime groups is 1. The summed E-state index contributed by atoms with van der Waals surface area (Å²) >= 11 is 0. The molecule has 0 amide bonds. The van der Waals surface area contributed by atoms with Gasteiger partial charge in [0.1, 0.15) is 5.60 Å². The molecule has 2 heterocycles. The number of carboxylic acids is 1. The zero-order chi connectivity index (χ0) is 14.3. The lowest BCUT2D eigenvalue weighted by Crippen LogP contribution is -2.50. The quantitative estimate of drug-likeness (QED) is 0.755. The number of nitrogens with zero attached hydrogens (tertiary/aromatic N) is 3. The van der Waals surface area contributed by atoms with Crippen LogP contribution in [0.1, 0.15) is 19.3 Å². The molecule has 0 aromatic heterocycles. The van der Waals surface area contributed by atoms with Crippen LogP contribution in [0.25, 0.3) is 0 Å². The average molecular weight is 291 g/mol. The summed E-state index contributed by atoms with van der Waals surface area (Å²) < 4.78 is 26.4. The number of aliphatic carboxylic acids is 1. The van der Waals surface area contributed by atoms with Crippen molar-refractivity contribution in [3.63, 3.8) is 0 Å². The van der Waals surface area contributed by atoms with Gasteiger partial charge in [-0.1, -0.05) is 5.16 Å². The van der Waals surface area contributed by atoms with Crippen molar-refractivity contribution in [2.75, 3.05) is 27.2 Å². The molecule has 0 unspecified atom stereocenters. The molecule has 0 aromatic rings. The lowest BCUT2D eigenvalue weighted by molar-refractivity contribution is -0.129. The topological polar surface area (TPSA) is 99.5 Å². The third-order valence-electron chi connectivity index (χ3n) is 3.51. The zero-order valence-corrected chi connectivity index (χ0v) is 11.7. The number of hydrogen-bond donors (Lipinski definition) is 1. The van der Waals surface area contributed by atoms with Crippen molar-refractivity contribution in [1.82, 2.24) is 8.61 Å². The van der Waals surface area contributed by atoms with Crippen LogP contribution in [0.4, 0.5) is 0 Å². The summed E-state index contributed by atoms with van der Waals surface area (Å²) in [6.07, 6.45) is 1.12. The molecule has 108 valence electrons. The lowest BCUT2D eigenvalue weighted by Gasteiger charge is -2.37. The second kappa shape index (κ2) is 4.73. The van der Waals surface area contributed by atoms with Crippen LogP contribution in [0.3, 0.4) is 0 Å². The van der Waals surface area contributed by atoms with Gasteiger partial charge in [0, 0.05) is 46.4 Å². The van der Waals surface area contributed by atoms with Gasteiger partial charge < -0.3 is 9.94 Å². The van der Waals surface area contributed by atoms with Crippen molar-refractivity contribution in [1.29, 1.82) is 0 Å². The van der Waals surface area contributed by atoms with Gasteiger partial charge in [-0.3, -0.25) is 0 Å². The standard InChI is InChI=1S/C10H17N3O5S/c1-12(2)19(16,17)13-5-3-10(4-6-13)7-8(9(14)15)11-18-10/h3-7H2,1-2H3,(H,14,15). The molecule has 2 aliphatic heterocycles. The first-order valence-corrected chi connectivity index (χ1v) is 7.32. The molecule has 0 saturated carbocycles. The highest BCUT2D eigenvalue weighted by atomic mass is 32.2. The molecule has 0 bridgehead atoms. The predicted molar refractivity (Wildman–Crippen MR) is 66.9 cm³/mol. The Bertz CT molecular complexity index is 505. The highest BCUT2D eigenvalue weighted by Crippen LogP contribution is 2.35. The molecule has 1 fully saturated rings. The van der Waals surface area contributed by atoms with Gasteiger partial charge in [0.25, 0.3) is 10.2 Å². The fourth-order valence-electron chi connectivity index (χ4n) is 2.26. The first kappa shape index (κ1) is 14.2. The van der Waals surface area contributed by atoms with E-state index in [0.29, 0.717) is 25.9 Å². The molecular formula is C10H17N3O5S. The largest absolute Gasteiger partial charge is 0.477 e. The van der Waals surface area contributed by atoms with E-state index in [9.17, 15) is 13.2 Å². The van der Waals surface area contributed by atoms with Crippen LogP contribution < -0.4 is 0 Å². The van der Waals surface area contributed by atoms with Crippen LogP contribution in [-0.2, 0) is 19.8 Å². The molecule has 9 heteroatoms. The van der Waals surface area contributed by atoms with Crippen molar-refractivity contribution in [3.8, 4) is 0 Å². The molecule has 19 heavy (non-hydrogen) atoms. The number of piperidine rings is 1. The summed E-state index contributed by atoms with van der Waals surface area (Å²) in [6, 6.07) is 0. The van der Waals surface area contributed by atoms with Crippen molar-refractivity contribution in [2.24, 2.45) is 5.16 Å². The monoisotopic (exact) mass is 291 g/mol. The van der Waals surface area contributed by atoms with Gasteiger partial charge in [-0.15, -0.1) is 0 Å². The van der Waals surface area contributed by atoms with E-state index in [2.05, 4.69) is 5.16 Å². The molecule has 2 aliphatic rings. The third kappa shape index (κ3) is 2.58. The Labute approximate surface area is 111 Å². The molecule has 2 rings (SSSR count). The molecule has 0 aliphatic carbocycles. The molecule has 8 nitrogen and oxygen atoms in total. The van der Waals surface area contributed by atoms with Crippen molar-refractivity contribution < 1.29 is 23.2 Å². The highest BCUT2D eigenvalue weighted by molar-refractivity contribution is 7.86. The Kier molecular flexibility index (Phi) is 3.54. The normalized spacial score (nSPS) is 23.4. The van der Waals surface area contributed by atoms with Crippen molar-refractivity contribution >= 4 is 21.9 Å². The van der Waals surface area contributed by atoms with Gasteiger partial charge in [0.05, 0.1) is 0 Å². The second-order valence-corrected chi connectivity index (χ2v) is 7.13. The Morgan fingerprint density at radius 3 is 2.42 bits per heavy atom.